The van der Waals surface area contributed by atoms with Gasteiger partial charge >= 0.3 is 0 Å². The summed E-state index contributed by atoms with van der Waals surface area (Å²) in [4.78, 5) is 25.6. The first-order valence-corrected chi connectivity index (χ1v) is 11.8. The SMILES string of the molecule is N=Cc1ccc(CNC(=O)CNC(=O)CNS(=O)(=O)C2=CCC=c3ccccc3=C2)s1. The molecule has 162 valence electrons. The van der Waals surface area contributed by atoms with Crippen molar-refractivity contribution in [3.8, 4) is 0 Å². The third-order valence-corrected chi connectivity index (χ3v) is 6.88. The van der Waals surface area contributed by atoms with E-state index in [1.165, 1.54) is 17.6 Å². The monoisotopic (exact) mass is 458 g/mol. The smallest absolute Gasteiger partial charge is 0.240 e. The maximum atomic E-state index is 12.6. The fourth-order valence-electron chi connectivity index (χ4n) is 2.83. The van der Waals surface area contributed by atoms with Crippen molar-refractivity contribution < 1.29 is 18.0 Å². The van der Waals surface area contributed by atoms with Crippen molar-refractivity contribution in [3.05, 3.63) is 67.6 Å². The van der Waals surface area contributed by atoms with Crippen molar-refractivity contribution in [2.75, 3.05) is 13.1 Å². The van der Waals surface area contributed by atoms with E-state index in [-0.39, 0.29) is 11.4 Å². The van der Waals surface area contributed by atoms with Gasteiger partial charge in [0.15, 0.2) is 0 Å². The average Bonchev–Trinajstić information content (AvgIpc) is 3.11. The molecule has 0 radical (unpaired) electrons. The summed E-state index contributed by atoms with van der Waals surface area (Å²) >= 11 is 1.39. The standard InChI is InChI=1S/C21H22N4O4S2/c22-11-17-8-9-18(30-17)12-23-20(26)13-24-21(27)14-25-31(28,29)19-7-3-6-15-4-1-2-5-16(15)10-19/h1-2,4-11,22,25H,3,12-14H2,(H,23,26)(H,24,27). The van der Waals surface area contributed by atoms with Gasteiger partial charge in [0.05, 0.1) is 24.5 Å². The van der Waals surface area contributed by atoms with Gasteiger partial charge in [0, 0.05) is 16.0 Å². The Bertz CT molecular complexity index is 1250. The molecule has 0 saturated heterocycles. The number of carbonyl (C=O) groups is 2. The van der Waals surface area contributed by atoms with E-state index in [0.29, 0.717) is 13.0 Å². The summed E-state index contributed by atoms with van der Waals surface area (Å²) in [5, 5.41) is 14.0. The number of sulfonamides is 1. The molecule has 4 N–H and O–H groups in total. The van der Waals surface area contributed by atoms with Crippen molar-refractivity contribution in [2.24, 2.45) is 0 Å². The number of nitrogens with one attached hydrogen (secondary N) is 4. The second kappa shape index (κ2) is 10.3. The van der Waals surface area contributed by atoms with Crippen molar-refractivity contribution in [3.63, 3.8) is 0 Å². The number of carbonyl (C=O) groups excluding carboxylic acids is 2. The topological polar surface area (TPSA) is 128 Å². The van der Waals surface area contributed by atoms with E-state index in [1.807, 2.05) is 36.4 Å². The van der Waals surface area contributed by atoms with Crippen LogP contribution in [0, 0.1) is 5.41 Å². The predicted octanol–water partition coefficient (Wildman–Crippen LogP) is -0.0536. The van der Waals surface area contributed by atoms with E-state index >= 15 is 0 Å². The molecule has 2 amide bonds. The van der Waals surface area contributed by atoms with Gasteiger partial charge < -0.3 is 16.0 Å². The summed E-state index contributed by atoms with van der Waals surface area (Å²) in [6.45, 7) is -0.442. The molecule has 2 aromatic rings. The minimum atomic E-state index is -3.87. The number of thiophene rings is 1. The Morgan fingerprint density at radius 1 is 1.00 bits per heavy atom. The minimum Gasteiger partial charge on any atom is -0.350 e. The Hall–Kier alpha value is -3.08. The van der Waals surface area contributed by atoms with Crippen LogP contribution in [0.2, 0.25) is 0 Å². The van der Waals surface area contributed by atoms with E-state index < -0.39 is 28.4 Å². The Labute approximate surface area is 183 Å². The number of hydrogen-bond donors (Lipinski definition) is 4. The molecule has 10 heteroatoms. The van der Waals surface area contributed by atoms with Gasteiger partial charge in [0.2, 0.25) is 21.8 Å². The molecule has 1 aliphatic rings. The fourth-order valence-corrected chi connectivity index (χ4v) is 4.69. The highest BCUT2D eigenvalue weighted by Gasteiger charge is 2.17. The zero-order valence-corrected chi connectivity index (χ0v) is 18.2. The third kappa shape index (κ3) is 6.45. The maximum Gasteiger partial charge on any atom is 0.240 e. The van der Waals surface area contributed by atoms with Crippen LogP contribution < -0.4 is 25.8 Å². The van der Waals surface area contributed by atoms with Gasteiger partial charge in [0.25, 0.3) is 0 Å². The van der Waals surface area contributed by atoms with E-state index in [9.17, 15) is 18.0 Å². The fraction of sp³-hybridized carbons (Fsp3) is 0.190. The summed E-state index contributed by atoms with van der Waals surface area (Å²) in [5.41, 5.74) is 0. The second-order valence-corrected chi connectivity index (χ2v) is 9.61. The normalized spacial score (nSPS) is 13.0. The van der Waals surface area contributed by atoms with Gasteiger partial charge in [-0.3, -0.25) is 9.59 Å². The van der Waals surface area contributed by atoms with Crippen molar-refractivity contribution in [1.29, 1.82) is 5.41 Å². The molecule has 0 unspecified atom stereocenters. The van der Waals surface area contributed by atoms with Gasteiger partial charge in [-0.15, -0.1) is 11.3 Å². The number of amides is 2. The number of fused-ring (bicyclic) bond motifs is 1. The predicted molar refractivity (Wildman–Crippen MR) is 121 cm³/mol. The molecular weight excluding hydrogens is 436 g/mol. The van der Waals surface area contributed by atoms with Crippen LogP contribution >= 0.6 is 11.3 Å². The molecule has 0 atom stereocenters. The molecule has 0 aliphatic heterocycles. The molecule has 0 bridgehead atoms. The first-order chi connectivity index (χ1) is 14.9. The maximum absolute atomic E-state index is 12.6. The van der Waals surface area contributed by atoms with Crippen LogP contribution in [0.25, 0.3) is 12.2 Å². The lowest BCUT2D eigenvalue weighted by molar-refractivity contribution is -0.125. The highest BCUT2D eigenvalue weighted by Crippen LogP contribution is 2.13. The van der Waals surface area contributed by atoms with Gasteiger partial charge in [-0.25, -0.2) is 13.1 Å². The number of rotatable bonds is 9. The van der Waals surface area contributed by atoms with Gasteiger partial charge in [-0.05, 0) is 35.1 Å². The van der Waals surface area contributed by atoms with Crippen LogP contribution in [0.5, 0.6) is 0 Å². The molecule has 1 aromatic carbocycles. The van der Waals surface area contributed by atoms with E-state index in [4.69, 9.17) is 5.41 Å². The average molecular weight is 459 g/mol. The highest BCUT2D eigenvalue weighted by atomic mass is 32.2. The zero-order chi connectivity index (χ0) is 22.3. The van der Waals surface area contributed by atoms with Crippen molar-refractivity contribution in [2.45, 2.75) is 13.0 Å². The Balaban J connectivity index is 1.47. The molecule has 1 heterocycles. The third-order valence-electron chi connectivity index (χ3n) is 4.41. The summed E-state index contributed by atoms with van der Waals surface area (Å²) in [6, 6.07) is 11.0. The molecule has 8 nitrogen and oxygen atoms in total. The van der Waals surface area contributed by atoms with E-state index in [1.54, 1.807) is 18.2 Å². The molecule has 0 saturated carbocycles. The van der Waals surface area contributed by atoms with Crippen LogP contribution in [-0.4, -0.2) is 39.5 Å². The van der Waals surface area contributed by atoms with Crippen LogP contribution in [0.15, 0.2) is 47.4 Å². The largest absolute Gasteiger partial charge is 0.350 e. The first kappa shape index (κ1) is 22.6. The minimum absolute atomic E-state index is 0.0967. The molecule has 0 spiro atoms. The summed E-state index contributed by atoms with van der Waals surface area (Å²) < 4.78 is 27.4. The van der Waals surface area contributed by atoms with E-state index in [2.05, 4.69) is 15.4 Å². The Morgan fingerprint density at radius 3 is 2.48 bits per heavy atom. The first-order valence-electron chi connectivity index (χ1n) is 9.47. The molecular formula is C21H22N4O4S2. The number of allylic oxidation sites excluding steroid dienone is 2. The summed E-state index contributed by atoms with van der Waals surface area (Å²) in [7, 11) is -3.87. The van der Waals surface area contributed by atoms with Crippen LogP contribution in [0.4, 0.5) is 0 Å². The molecule has 3 rings (SSSR count). The summed E-state index contributed by atoms with van der Waals surface area (Å²) in [6.07, 6.45) is 6.78. The summed E-state index contributed by atoms with van der Waals surface area (Å²) in [5.74, 6) is -1.00. The van der Waals surface area contributed by atoms with Crippen molar-refractivity contribution in [1.82, 2.24) is 15.4 Å². The lowest BCUT2D eigenvalue weighted by atomic mass is 10.2. The quantitative estimate of drug-likeness (QED) is 0.393. The highest BCUT2D eigenvalue weighted by molar-refractivity contribution is 7.93. The van der Waals surface area contributed by atoms with Crippen LogP contribution in [0.1, 0.15) is 16.2 Å². The molecule has 0 fully saturated rings. The van der Waals surface area contributed by atoms with Crippen LogP contribution in [-0.2, 0) is 26.2 Å². The van der Waals surface area contributed by atoms with Gasteiger partial charge in [-0.2, -0.15) is 0 Å². The Morgan fingerprint density at radius 2 is 1.74 bits per heavy atom. The molecule has 1 aromatic heterocycles. The molecule has 31 heavy (non-hydrogen) atoms. The zero-order valence-electron chi connectivity index (χ0n) is 16.6. The van der Waals surface area contributed by atoms with Gasteiger partial charge in [-0.1, -0.05) is 36.4 Å². The number of benzene rings is 1. The second-order valence-electron chi connectivity index (χ2n) is 6.65. The lowest BCUT2D eigenvalue weighted by Gasteiger charge is -2.09. The lowest BCUT2D eigenvalue weighted by Crippen LogP contribution is -2.42. The van der Waals surface area contributed by atoms with Gasteiger partial charge in [0.1, 0.15) is 0 Å². The number of hydrogen-bond acceptors (Lipinski definition) is 6. The van der Waals surface area contributed by atoms with Crippen molar-refractivity contribution >= 4 is 51.5 Å². The van der Waals surface area contributed by atoms with E-state index in [0.717, 1.165) is 20.2 Å². The van der Waals surface area contributed by atoms with Crippen LogP contribution in [0.3, 0.4) is 0 Å². The Kier molecular flexibility index (Phi) is 7.50. The molecule has 1 aliphatic carbocycles.